The van der Waals surface area contributed by atoms with Crippen molar-refractivity contribution < 1.29 is 18.0 Å². The molecule has 0 spiro atoms. The van der Waals surface area contributed by atoms with Crippen LogP contribution in [0.4, 0.5) is 13.2 Å². The zero-order valence-electron chi connectivity index (χ0n) is 9.79. The van der Waals surface area contributed by atoms with Crippen molar-refractivity contribution in [3.63, 3.8) is 0 Å². The van der Waals surface area contributed by atoms with E-state index in [1.54, 1.807) is 16.9 Å². The molecule has 0 amide bonds. The Kier molecular flexibility index (Phi) is 4.31. The molecule has 1 aromatic rings. The fourth-order valence-electron chi connectivity index (χ4n) is 1.33. The van der Waals surface area contributed by atoms with Crippen LogP contribution in [-0.4, -0.2) is 21.7 Å². The number of carbonyl (C=O) groups is 1. The van der Waals surface area contributed by atoms with E-state index >= 15 is 0 Å². The third kappa shape index (κ3) is 5.01. The molecule has 0 unspecified atom stereocenters. The standard InChI is InChI=1S/C11H15F3N2O/c1-8(2)16-6-4-9(15-16)7-10(17)3-5-11(12,13)14/h4,6,8H,3,5,7H2,1-2H3. The topological polar surface area (TPSA) is 34.9 Å². The molecule has 0 saturated carbocycles. The van der Waals surface area contributed by atoms with Crippen LogP contribution in [0.3, 0.4) is 0 Å². The van der Waals surface area contributed by atoms with Crippen molar-refractivity contribution in [2.24, 2.45) is 0 Å². The summed E-state index contributed by atoms with van der Waals surface area (Å²) < 4.78 is 37.4. The Morgan fingerprint density at radius 3 is 2.59 bits per heavy atom. The Labute approximate surface area is 97.6 Å². The Bertz CT molecular complexity index is 382. The lowest BCUT2D eigenvalue weighted by Crippen LogP contribution is -2.12. The SMILES string of the molecule is CC(C)n1ccc(CC(=O)CCC(F)(F)F)n1. The van der Waals surface area contributed by atoms with Crippen molar-refractivity contribution in [1.29, 1.82) is 0 Å². The molecule has 0 fully saturated rings. The summed E-state index contributed by atoms with van der Waals surface area (Å²) in [6.45, 7) is 3.87. The minimum atomic E-state index is -4.27. The third-order valence-corrected chi connectivity index (χ3v) is 2.26. The first-order chi connectivity index (χ1) is 7.78. The molecule has 0 aliphatic heterocycles. The van der Waals surface area contributed by atoms with Gasteiger partial charge in [0.05, 0.1) is 18.5 Å². The zero-order valence-corrected chi connectivity index (χ0v) is 9.79. The van der Waals surface area contributed by atoms with E-state index in [1.807, 2.05) is 13.8 Å². The predicted octanol–water partition coefficient (Wildman–Crippen LogP) is 2.92. The van der Waals surface area contributed by atoms with E-state index in [0.29, 0.717) is 5.69 Å². The van der Waals surface area contributed by atoms with Crippen LogP contribution in [0, 0.1) is 0 Å². The fraction of sp³-hybridized carbons (Fsp3) is 0.636. The van der Waals surface area contributed by atoms with Crippen LogP contribution in [-0.2, 0) is 11.2 Å². The van der Waals surface area contributed by atoms with Gasteiger partial charge in [-0.3, -0.25) is 9.48 Å². The number of rotatable bonds is 5. The van der Waals surface area contributed by atoms with Gasteiger partial charge < -0.3 is 0 Å². The largest absolute Gasteiger partial charge is 0.389 e. The molecule has 17 heavy (non-hydrogen) atoms. The van der Waals surface area contributed by atoms with E-state index in [4.69, 9.17) is 0 Å². The number of hydrogen-bond donors (Lipinski definition) is 0. The number of halogens is 3. The van der Waals surface area contributed by atoms with Crippen molar-refractivity contribution in [2.75, 3.05) is 0 Å². The van der Waals surface area contributed by atoms with E-state index in [0.717, 1.165) is 0 Å². The van der Waals surface area contributed by atoms with E-state index in [2.05, 4.69) is 5.10 Å². The number of alkyl halides is 3. The number of ketones is 1. The quantitative estimate of drug-likeness (QED) is 0.803. The second kappa shape index (κ2) is 5.33. The summed E-state index contributed by atoms with van der Waals surface area (Å²) in [5.41, 5.74) is 0.519. The molecule has 3 nitrogen and oxygen atoms in total. The first-order valence-corrected chi connectivity index (χ1v) is 5.40. The van der Waals surface area contributed by atoms with Gasteiger partial charge in [0.1, 0.15) is 5.78 Å². The molecular formula is C11H15F3N2O. The lowest BCUT2D eigenvalue weighted by atomic mass is 10.1. The van der Waals surface area contributed by atoms with Crippen LogP contribution in [0.2, 0.25) is 0 Å². The number of carbonyl (C=O) groups excluding carboxylic acids is 1. The number of aromatic nitrogens is 2. The molecule has 0 aliphatic carbocycles. The molecule has 6 heteroatoms. The highest BCUT2D eigenvalue weighted by atomic mass is 19.4. The summed E-state index contributed by atoms with van der Waals surface area (Å²) in [6, 6.07) is 1.83. The third-order valence-electron chi connectivity index (χ3n) is 2.26. The molecule has 0 aliphatic rings. The summed E-state index contributed by atoms with van der Waals surface area (Å²) >= 11 is 0. The van der Waals surface area contributed by atoms with Gasteiger partial charge in [0, 0.05) is 18.7 Å². The molecule has 96 valence electrons. The Morgan fingerprint density at radius 1 is 1.47 bits per heavy atom. The van der Waals surface area contributed by atoms with Gasteiger partial charge in [0.2, 0.25) is 0 Å². The number of Topliss-reactive ketones (excluding diaryl/α,β-unsaturated/α-hetero) is 1. The molecule has 0 aromatic carbocycles. The maximum Gasteiger partial charge on any atom is 0.389 e. The van der Waals surface area contributed by atoms with E-state index in [-0.39, 0.29) is 12.5 Å². The van der Waals surface area contributed by atoms with Crippen molar-refractivity contribution in [2.45, 2.75) is 45.3 Å². The highest BCUT2D eigenvalue weighted by Crippen LogP contribution is 2.21. The summed E-state index contributed by atoms with van der Waals surface area (Å²) in [5.74, 6) is -0.434. The Balaban J connectivity index is 2.45. The Hall–Kier alpha value is -1.33. The van der Waals surface area contributed by atoms with Gasteiger partial charge in [-0.2, -0.15) is 18.3 Å². The van der Waals surface area contributed by atoms with Gasteiger partial charge >= 0.3 is 6.18 Å². The van der Waals surface area contributed by atoms with Crippen LogP contribution in [0.25, 0.3) is 0 Å². The lowest BCUT2D eigenvalue weighted by molar-refractivity contribution is -0.143. The van der Waals surface area contributed by atoms with Crippen LogP contribution in [0.5, 0.6) is 0 Å². The van der Waals surface area contributed by atoms with Crippen molar-refractivity contribution in [1.82, 2.24) is 9.78 Å². The van der Waals surface area contributed by atoms with Crippen LogP contribution >= 0.6 is 0 Å². The maximum atomic E-state index is 11.9. The summed E-state index contributed by atoms with van der Waals surface area (Å²) in [7, 11) is 0. The zero-order chi connectivity index (χ0) is 13.1. The van der Waals surface area contributed by atoms with Crippen LogP contribution < -0.4 is 0 Å². The van der Waals surface area contributed by atoms with Gasteiger partial charge in [-0.05, 0) is 19.9 Å². The summed E-state index contributed by atoms with van der Waals surface area (Å²) in [5, 5.41) is 4.11. The van der Waals surface area contributed by atoms with Crippen molar-refractivity contribution >= 4 is 5.78 Å². The number of nitrogens with zero attached hydrogens (tertiary/aromatic N) is 2. The first-order valence-electron chi connectivity index (χ1n) is 5.40. The van der Waals surface area contributed by atoms with Gasteiger partial charge in [0.15, 0.2) is 0 Å². The van der Waals surface area contributed by atoms with Crippen molar-refractivity contribution in [3.8, 4) is 0 Å². The first kappa shape index (κ1) is 13.7. The summed E-state index contributed by atoms with van der Waals surface area (Å²) in [6.07, 6.45) is -4.12. The molecule has 0 bridgehead atoms. The van der Waals surface area contributed by atoms with Crippen molar-refractivity contribution in [3.05, 3.63) is 18.0 Å². The smallest absolute Gasteiger partial charge is 0.299 e. The lowest BCUT2D eigenvalue weighted by Gasteiger charge is -2.05. The maximum absolute atomic E-state index is 11.9. The molecule has 1 rings (SSSR count). The van der Waals surface area contributed by atoms with Gasteiger partial charge in [0.25, 0.3) is 0 Å². The molecule has 0 saturated heterocycles. The average molecular weight is 248 g/mol. The molecule has 1 heterocycles. The number of hydrogen-bond acceptors (Lipinski definition) is 2. The molecule has 0 atom stereocenters. The van der Waals surface area contributed by atoms with E-state index in [1.165, 1.54) is 0 Å². The average Bonchev–Trinajstić information content (AvgIpc) is 2.62. The highest BCUT2D eigenvalue weighted by molar-refractivity contribution is 5.80. The van der Waals surface area contributed by atoms with Crippen LogP contribution in [0.15, 0.2) is 12.3 Å². The normalized spacial score (nSPS) is 12.1. The molecular weight excluding hydrogens is 233 g/mol. The van der Waals surface area contributed by atoms with Gasteiger partial charge in [-0.1, -0.05) is 0 Å². The molecule has 0 radical (unpaired) electrons. The minimum absolute atomic E-state index is 0.0319. The van der Waals surface area contributed by atoms with E-state index in [9.17, 15) is 18.0 Å². The molecule has 1 aromatic heterocycles. The van der Waals surface area contributed by atoms with E-state index < -0.39 is 24.8 Å². The molecule has 0 N–H and O–H groups in total. The predicted molar refractivity (Wildman–Crippen MR) is 56.6 cm³/mol. The second-order valence-electron chi connectivity index (χ2n) is 4.21. The highest BCUT2D eigenvalue weighted by Gasteiger charge is 2.27. The minimum Gasteiger partial charge on any atom is -0.299 e. The van der Waals surface area contributed by atoms with Gasteiger partial charge in [-0.25, -0.2) is 0 Å². The van der Waals surface area contributed by atoms with Crippen LogP contribution in [0.1, 0.15) is 38.4 Å². The summed E-state index contributed by atoms with van der Waals surface area (Å²) in [4.78, 5) is 11.3. The Morgan fingerprint density at radius 2 is 2.12 bits per heavy atom. The fourth-order valence-corrected chi connectivity index (χ4v) is 1.33. The second-order valence-corrected chi connectivity index (χ2v) is 4.21. The monoisotopic (exact) mass is 248 g/mol. The van der Waals surface area contributed by atoms with Gasteiger partial charge in [-0.15, -0.1) is 0 Å².